The second-order valence-corrected chi connectivity index (χ2v) is 8.06. The number of methoxy groups -OCH3 is 1. The van der Waals surface area contributed by atoms with Crippen LogP contribution in [-0.2, 0) is 16.2 Å². The zero-order valence-corrected chi connectivity index (χ0v) is 19.0. The van der Waals surface area contributed by atoms with Gasteiger partial charge in [0.05, 0.1) is 11.6 Å². The smallest absolute Gasteiger partial charge is 0.326 e. The minimum atomic E-state index is -1.06. The van der Waals surface area contributed by atoms with Crippen molar-refractivity contribution in [3.8, 4) is 11.5 Å². The van der Waals surface area contributed by atoms with Crippen molar-refractivity contribution in [3.63, 3.8) is 0 Å². The third-order valence-corrected chi connectivity index (χ3v) is 5.00. The highest BCUT2D eigenvalue weighted by molar-refractivity contribution is 9.10. The molecule has 1 amide bonds. The van der Waals surface area contributed by atoms with Gasteiger partial charge in [-0.05, 0) is 58.1 Å². The van der Waals surface area contributed by atoms with Crippen LogP contribution in [0.1, 0.15) is 30.5 Å². The lowest BCUT2D eigenvalue weighted by atomic mass is 10.0. The van der Waals surface area contributed by atoms with Gasteiger partial charge in [0.25, 0.3) is 0 Å². The number of carbonyl (C=O) groups excluding carboxylic acids is 1. The first-order valence-electron chi connectivity index (χ1n) is 9.48. The summed E-state index contributed by atoms with van der Waals surface area (Å²) in [6.45, 7) is 5.89. The molecule has 6 nitrogen and oxygen atoms in total. The summed E-state index contributed by atoms with van der Waals surface area (Å²) < 4.78 is 12.1. The molecular formula is C23H26BrNO5. The molecule has 0 saturated heterocycles. The maximum absolute atomic E-state index is 12.1. The second kappa shape index (κ2) is 10.8. The standard InChI is InChI=1S/C23H26BrNO5/c1-14(2)21(23(27)28)25-20(26)10-9-17-11-18(24)22(19(12-17)29-4)30-13-16-7-5-15(3)6-8-16/h5-12,14,21H,13H2,1-4H3,(H,25,26)(H,27,28)/b10-9+/t21-/m1/s1. The second-order valence-electron chi connectivity index (χ2n) is 7.21. The summed E-state index contributed by atoms with van der Waals surface area (Å²) in [4.78, 5) is 23.3. The van der Waals surface area contributed by atoms with E-state index in [1.54, 1.807) is 39.2 Å². The maximum atomic E-state index is 12.1. The van der Waals surface area contributed by atoms with Gasteiger partial charge in [-0.3, -0.25) is 4.79 Å². The van der Waals surface area contributed by atoms with Gasteiger partial charge in [-0.1, -0.05) is 43.7 Å². The minimum absolute atomic E-state index is 0.223. The van der Waals surface area contributed by atoms with Crippen molar-refractivity contribution in [2.45, 2.75) is 33.4 Å². The minimum Gasteiger partial charge on any atom is -0.493 e. The van der Waals surface area contributed by atoms with Gasteiger partial charge in [-0.15, -0.1) is 0 Å². The van der Waals surface area contributed by atoms with Crippen molar-refractivity contribution in [1.29, 1.82) is 0 Å². The summed E-state index contributed by atoms with van der Waals surface area (Å²) in [6, 6.07) is 10.7. The van der Waals surface area contributed by atoms with Crippen LogP contribution in [0.5, 0.6) is 11.5 Å². The molecule has 2 aromatic carbocycles. The number of carbonyl (C=O) groups is 2. The number of benzene rings is 2. The first-order chi connectivity index (χ1) is 14.2. The molecule has 0 radical (unpaired) electrons. The monoisotopic (exact) mass is 475 g/mol. The fraction of sp³-hybridized carbons (Fsp3) is 0.304. The molecule has 0 fully saturated rings. The zero-order chi connectivity index (χ0) is 22.3. The van der Waals surface area contributed by atoms with Crippen molar-refractivity contribution in [2.24, 2.45) is 5.92 Å². The molecule has 30 heavy (non-hydrogen) atoms. The van der Waals surface area contributed by atoms with Crippen molar-refractivity contribution < 1.29 is 24.2 Å². The van der Waals surface area contributed by atoms with Crippen LogP contribution in [0, 0.1) is 12.8 Å². The average Bonchev–Trinajstić information content (AvgIpc) is 2.70. The van der Waals surface area contributed by atoms with Gasteiger partial charge in [0.2, 0.25) is 5.91 Å². The lowest BCUT2D eigenvalue weighted by molar-refractivity contribution is -0.142. The van der Waals surface area contributed by atoms with Crippen LogP contribution in [0.3, 0.4) is 0 Å². The number of aryl methyl sites for hydroxylation is 1. The first kappa shape index (κ1) is 23.5. The van der Waals surface area contributed by atoms with Crippen molar-refractivity contribution >= 4 is 33.9 Å². The number of aliphatic carboxylic acids is 1. The highest BCUT2D eigenvalue weighted by atomic mass is 79.9. The van der Waals surface area contributed by atoms with Crippen molar-refractivity contribution in [2.75, 3.05) is 7.11 Å². The molecule has 160 valence electrons. The van der Waals surface area contributed by atoms with E-state index in [9.17, 15) is 14.7 Å². The van der Waals surface area contributed by atoms with Crippen molar-refractivity contribution in [1.82, 2.24) is 5.32 Å². The number of halogens is 1. The molecule has 0 aliphatic heterocycles. The highest BCUT2D eigenvalue weighted by Crippen LogP contribution is 2.37. The summed E-state index contributed by atoms with van der Waals surface area (Å²) in [5.74, 6) is -0.691. The zero-order valence-electron chi connectivity index (χ0n) is 17.4. The lowest BCUT2D eigenvalue weighted by Crippen LogP contribution is -2.43. The summed E-state index contributed by atoms with van der Waals surface area (Å²) in [5, 5.41) is 11.7. The van der Waals surface area contributed by atoms with Crippen LogP contribution >= 0.6 is 15.9 Å². The van der Waals surface area contributed by atoms with Crippen LogP contribution in [0.25, 0.3) is 6.08 Å². The third-order valence-electron chi connectivity index (χ3n) is 4.41. The van der Waals surface area contributed by atoms with E-state index >= 15 is 0 Å². The molecule has 1 atom stereocenters. The molecule has 0 heterocycles. The summed E-state index contributed by atoms with van der Waals surface area (Å²) in [7, 11) is 1.54. The summed E-state index contributed by atoms with van der Waals surface area (Å²) in [6.07, 6.45) is 2.89. The van der Waals surface area contributed by atoms with Gasteiger partial charge in [-0.2, -0.15) is 0 Å². The molecule has 7 heteroatoms. The average molecular weight is 476 g/mol. The molecule has 0 aliphatic rings. The molecular weight excluding hydrogens is 450 g/mol. The van der Waals surface area contributed by atoms with E-state index in [1.807, 2.05) is 31.2 Å². The van der Waals surface area contributed by atoms with E-state index in [4.69, 9.17) is 9.47 Å². The van der Waals surface area contributed by atoms with Gasteiger partial charge in [0, 0.05) is 6.08 Å². The molecule has 2 rings (SSSR count). The van der Waals surface area contributed by atoms with E-state index in [0.29, 0.717) is 28.1 Å². The Morgan fingerprint density at radius 1 is 1.20 bits per heavy atom. The normalized spacial score (nSPS) is 12.1. The highest BCUT2D eigenvalue weighted by Gasteiger charge is 2.22. The van der Waals surface area contributed by atoms with E-state index in [-0.39, 0.29) is 5.92 Å². The quantitative estimate of drug-likeness (QED) is 0.518. The van der Waals surface area contributed by atoms with Crippen LogP contribution in [-0.4, -0.2) is 30.1 Å². The predicted octanol–water partition coefficient (Wildman–Crippen LogP) is 4.58. The third kappa shape index (κ3) is 6.62. The summed E-state index contributed by atoms with van der Waals surface area (Å²) in [5.41, 5.74) is 2.92. The van der Waals surface area contributed by atoms with E-state index in [1.165, 1.54) is 11.6 Å². The Morgan fingerprint density at radius 3 is 2.43 bits per heavy atom. The van der Waals surface area contributed by atoms with Gasteiger partial charge in [0.1, 0.15) is 12.6 Å². The number of hydrogen-bond donors (Lipinski definition) is 2. The Bertz CT molecular complexity index is 922. The molecule has 0 saturated carbocycles. The number of amides is 1. The number of ether oxygens (including phenoxy) is 2. The molecule has 0 spiro atoms. The maximum Gasteiger partial charge on any atom is 0.326 e. The van der Waals surface area contributed by atoms with Gasteiger partial charge in [-0.25, -0.2) is 4.79 Å². The fourth-order valence-electron chi connectivity index (χ4n) is 2.70. The van der Waals surface area contributed by atoms with Gasteiger partial charge < -0.3 is 19.9 Å². The molecule has 0 aromatic heterocycles. The van der Waals surface area contributed by atoms with Gasteiger partial charge in [0.15, 0.2) is 11.5 Å². The molecule has 0 unspecified atom stereocenters. The number of carboxylic acids is 1. The van der Waals surface area contributed by atoms with Crippen LogP contribution in [0.4, 0.5) is 0 Å². The number of hydrogen-bond acceptors (Lipinski definition) is 4. The Hall–Kier alpha value is -2.80. The van der Waals surface area contributed by atoms with E-state index in [2.05, 4.69) is 21.2 Å². The first-order valence-corrected chi connectivity index (χ1v) is 10.3. The van der Waals surface area contributed by atoms with Gasteiger partial charge >= 0.3 is 5.97 Å². The number of carboxylic acid groups (broad SMARTS) is 1. The number of rotatable bonds is 9. The van der Waals surface area contributed by atoms with Crippen LogP contribution in [0.15, 0.2) is 46.9 Å². The Labute approximate surface area is 185 Å². The fourth-order valence-corrected chi connectivity index (χ4v) is 3.28. The van der Waals surface area contributed by atoms with Crippen LogP contribution < -0.4 is 14.8 Å². The van der Waals surface area contributed by atoms with Crippen molar-refractivity contribution in [3.05, 3.63) is 63.6 Å². The van der Waals surface area contributed by atoms with Crippen LogP contribution in [0.2, 0.25) is 0 Å². The number of nitrogens with one attached hydrogen (secondary N) is 1. The Morgan fingerprint density at radius 2 is 1.87 bits per heavy atom. The summed E-state index contributed by atoms with van der Waals surface area (Å²) >= 11 is 3.49. The lowest BCUT2D eigenvalue weighted by Gasteiger charge is -2.16. The SMILES string of the molecule is COc1cc(/C=C/C(=O)N[C@@H](C(=O)O)C(C)C)cc(Br)c1OCc1ccc(C)cc1. The predicted molar refractivity (Wildman–Crippen MR) is 120 cm³/mol. The topological polar surface area (TPSA) is 84.9 Å². The van der Waals surface area contributed by atoms with E-state index < -0.39 is 17.9 Å². The Balaban J connectivity index is 2.12. The Kier molecular flexibility index (Phi) is 8.47. The molecule has 2 aromatic rings. The molecule has 0 bridgehead atoms. The molecule has 0 aliphatic carbocycles. The molecule has 2 N–H and O–H groups in total. The largest absolute Gasteiger partial charge is 0.493 e. The van der Waals surface area contributed by atoms with E-state index in [0.717, 1.165) is 5.56 Å².